The first kappa shape index (κ1) is 19.0. The lowest BCUT2D eigenvalue weighted by Gasteiger charge is -2.16. The van der Waals surface area contributed by atoms with E-state index in [0.29, 0.717) is 28.3 Å². The van der Waals surface area contributed by atoms with Gasteiger partial charge in [0.2, 0.25) is 0 Å². The molecule has 2 aromatic rings. The molecule has 0 aliphatic rings. The molecule has 0 atom stereocenters. The Morgan fingerprint density at radius 1 is 1.20 bits per heavy atom. The largest absolute Gasteiger partial charge is 0.496 e. The molecule has 2 rings (SSSR count). The molecule has 0 spiro atoms. The van der Waals surface area contributed by atoms with Crippen LogP contribution in [-0.2, 0) is 11.3 Å². The molecule has 0 aliphatic heterocycles. The molecular weight excluding hydrogens is 390 g/mol. The SMILES string of the molecule is CCOC(=O)c1ncnc(NCc2c(OC)cc(C)cc2OC)c1Br. The Morgan fingerprint density at radius 3 is 2.40 bits per heavy atom. The van der Waals surface area contributed by atoms with E-state index in [1.54, 1.807) is 21.1 Å². The van der Waals surface area contributed by atoms with Gasteiger partial charge >= 0.3 is 5.97 Å². The lowest BCUT2D eigenvalue weighted by Crippen LogP contribution is -2.12. The molecule has 0 amide bonds. The smallest absolute Gasteiger partial charge is 0.358 e. The highest BCUT2D eigenvalue weighted by Gasteiger charge is 2.18. The van der Waals surface area contributed by atoms with Gasteiger partial charge in [-0.3, -0.25) is 0 Å². The van der Waals surface area contributed by atoms with Crippen LogP contribution in [-0.4, -0.2) is 36.8 Å². The van der Waals surface area contributed by atoms with Gasteiger partial charge in [0.25, 0.3) is 0 Å². The van der Waals surface area contributed by atoms with Crippen molar-refractivity contribution in [3.8, 4) is 11.5 Å². The van der Waals surface area contributed by atoms with E-state index >= 15 is 0 Å². The van der Waals surface area contributed by atoms with E-state index in [9.17, 15) is 4.79 Å². The third-order valence-electron chi connectivity index (χ3n) is 3.44. The van der Waals surface area contributed by atoms with E-state index in [1.807, 2.05) is 19.1 Å². The number of anilines is 1. The van der Waals surface area contributed by atoms with Crippen LogP contribution < -0.4 is 14.8 Å². The highest BCUT2D eigenvalue weighted by Crippen LogP contribution is 2.32. The van der Waals surface area contributed by atoms with Crippen molar-refractivity contribution in [3.05, 3.63) is 39.8 Å². The van der Waals surface area contributed by atoms with Gasteiger partial charge in [0.1, 0.15) is 23.6 Å². The number of benzene rings is 1. The van der Waals surface area contributed by atoms with Gasteiger partial charge in [-0.05, 0) is 47.5 Å². The molecule has 0 saturated carbocycles. The number of aromatic nitrogens is 2. The van der Waals surface area contributed by atoms with Crippen molar-refractivity contribution in [3.63, 3.8) is 0 Å². The van der Waals surface area contributed by atoms with Gasteiger partial charge in [0.05, 0.1) is 30.9 Å². The van der Waals surface area contributed by atoms with Gasteiger partial charge in [-0.15, -0.1) is 0 Å². The van der Waals surface area contributed by atoms with Crippen LogP contribution in [0.2, 0.25) is 0 Å². The highest BCUT2D eigenvalue weighted by atomic mass is 79.9. The second kappa shape index (κ2) is 8.66. The number of nitrogens with zero attached hydrogens (tertiary/aromatic N) is 2. The summed E-state index contributed by atoms with van der Waals surface area (Å²) in [6.45, 7) is 4.37. The summed E-state index contributed by atoms with van der Waals surface area (Å²) < 4.78 is 16.3. The highest BCUT2D eigenvalue weighted by molar-refractivity contribution is 9.10. The fourth-order valence-corrected chi connectivity index (χ4v) is 2.80. The van der Waals surface area contributed by atoms with E-state index in [2.05, 4.69) is 31.2 Å². The van der Waals surface area contributed by atoms with Gasteiger partial charge in [0, 0.05) is 6.54 Å². The average molecular weight is 410 g/mol. The number of methoxy groups -OCH3 is 2. The maximum atomic E-state index is 11.9. The van der Waals surface area contributed by atoms with Crippen molar-refractivity contribution in [2.75, 3.05) is 26.1 Å². The number of hydrogen-bond donors (Lipinski definition) is 1. The summed E-state index contributed by atoms with van der Waals surface area (Å²) in [5.74, 6) is 1.38. The molecule has 0 unspecified atom stereocenters. The van der Waals surface area contributed by atoms with Crippen LogP contribution in [0.25, 0.3) is 0 Å². The van der Waals surface area contributed by atoms with Crippen LogP contribution in [0, 0.1) is 6.92 Å². The third kappa shape index (κ3) is 4.39. The van der Waals surface area contributed by atoms with Crippen molar-refractivity contribution >= 4 is 27.7 Å². The molecule has 134 valence electrons. The maximum Gasteiger partial charge on any atom is 0.358 e. The molecule has 1 N–H and O–H groups in total. The van der Waals surface area contributed by atoms with Gasteiger partial charge in [-0.1, -0.05) is 0 Å². The van der Waals surface area contributed by atoms with Crippen LogP contribution in [0.1, 0.15) is 28.5 Å². The number of rotatable bonds is 7. The summed E-state index contributed by atoms with van der Waals surface area (Å²) in [5.41, 5.74) is 2.05. The fraction of sp³-hybridized carbons (Fsp3) is 0.353. The number of carbonyl (C=O) groups is 1. The standard InChI is InChI=1S/C17H20BrN3O4/c1-5-25-17(22)15-14(18)16(21-9-20-15)19-8-11-12(23-3)6-10(2)7-13(11)24-4/h6-7,9H,5,8H2,1-4H3,(H,19,20,21). The first-order valence-electron chi connectivity index (χ1n) is 7.64. The Kier molecular flexibility index (Phi) is 6.58. The van der Waals surface area contributed by atoms with Gasteiger partial charge < -0.3 is 19.5 Å². The second-order valence-corrected chi connectivity index (χ2v) is 5.90. The zero-order chi connectivity index (χ0) is 18.4. The molecule has 7 nitrogen and oxygen atoms in total. The lowest BCUT2D eigenvalue weighted by atomic mass is 10.1. The molecule has 0 radical (unpaired) electrons. The minimum atomic E-state index is -0.509. The Labute approximate surface area is 154 Å². The van der Waals surface area contributed by atoms with Gasteiger partial charge in [-0.25, -0.2) is 14.8 Å². The number of ether oxygens (including phenoxy) is 3. The number of aryl methyl sites for hydroxylation is 1. The average Bonchev–Trinajstić information content (AvgIpc) is 2.60. The molecule has 1 aromatic carbocycles. The monoisotopic (exact) mass is 409 g/mol. The van der Waals surface area contributed by atoms with Crippen molar-refractivity contribution in [1.82, 2.24) is 9.97 Å². The molecule has 0 bridgehead atoms. The van der Waals surface area contributed by atoms with Crippen LogP contribution in [0.15, 0.2) is 22.9 Å². The van der Waals surface area contributed by atoms with E-state index < -0.39 is 5.97 Å². The molecule has 0 aliphatic carbocycles. The van der Waals surface area contributed by atoms with Crippen molar-refractivity contribution in [2.45, 2.75) is 20.4 Å². The third-order valence-corrected chi connectivity index (χ3v) is 4.19. The molecule has 8 heteroatoms. The summed E-state index contributed by atoms with van der Waals surface area (Å²) >= 11 is 3.36. The topological polar surface area (TPSA) is 82.6 Å². The Morgan fingerprint density at radius 2 is 1.84 bits per heavy atom. The fourth-order valence-electron chi connectivity index (χ4n) is 2.30. The van der Waals surface area contributed by atoms with Crippen LogP contribution in [0.4, 0.5) is 5.82 Å². The Balaban J connectivity index is 2.28. The van der Waals surface area contributed by atoms with E-state index in [0.717, 1.165) is 11.1 Å². The summed E-state index contributed by atoms with van der Waals surface area (Å²) in [6, 6.07) is 3.86. The first-order chi connectivity index (χ1) is 12.0. The number of halogens is 1. The zero-order valence-electron chi connectivity index (χ0n) is 14.6. The molecule has 0 fully saturated rings. The van der Waals surface area contributed by atoms with Crippen molar-refractivity contribution in [2.24, 2.45) is 0 Å². The number of esters is 1. The molecule has 0 saturated heterocycles. The number of hydrogen-bond acceptors (Lipinski definition) is 7. The summed E-state index contributed by atoms with van der Waals surface area (Å²) in [7, 11) is 3.22. The van der Waals surface area contributed by atoms with E-state index in [-0.39, 0.29) is 12.3 Å². The maximum absolute atomic E-state index is 11.9. The first-order valence-corrected chi connectivity index (χ1v) is 8.44. The van der Waals surface area contributed by atoms with Crippen LogP contribution in [0.5, 0.6) is 11.5 Å². The Hall–Kier alpha value is -2.35. The predicted octanol–water partition coefficient (Wildman–Crippen LogP) is 3.35. The van der Waals surface area contributed by atoms with E-state index in [4.69, 9.17) is 14.2 Å². The zero-order valence-corrected chi connectivity index (χ0v) is 16.1. The van der Waals surface area contributed by atoms with Gasteiger partial charge in [0.15, 0.2) is 5.69 Å². The summed E-state index contributed by atoms with van der Waals surface area (Å²) in [6.07, 6.45) is 1.31. The van der Waals surface area contributed by atoms with Crippen molar-refractivity contribution < 1.29 is 19.0 Å². The van der Waals surface area contributed by atoms with Gasteiger partial charge in [-0.2, -0.15) is 0 Å². The molecule has 1 heterocycles. The predicted molar refractivity (Wildman–Crippen MR) is 97.3 cm³/mol. The lowest BCUT2D eigenvalue weighted by molar-refractivity contribution is 0.0518. The number of carbonyl (C=O) groups excluding carboxylic acids is 1. The molecular formula is C17H20BrN3O4. The van der Waals surface area contributed by atoms with Crippen LogP contribution >= 0.6 is 15.9 Å². The number of nitrogens with one attached hydrogen (secondary N) is 1. The summed E-state index contributed by atoms with van der Waals surface area (Å²) in [5, 5.41) is 3.17. The van der Waals surface area contributed by atoms with E-state index in [1.165, 1.54) is 6.33 Å². The summed E-state index contributed by atoms with van der Waals surface area (Å²) in [4.78, 5) is 20.1. The quantitative estimate of drug-likeness (QED) is 0.701. The minimum Gasteiger partial charge on any atom is -0.496 e. The Bertz CT molecular complexity index is 743. The molecule has 1 aromatic heterocycles. The molecule has 25 heavy (non-hydrogen) atoms. The van der Waals surface area contributed by atoms with Crippen molar-refractivity contribution in [1.29, 1.82) is 0 Å². The second-order valence-electron chi connectivity index (χ2n) is 5.11. The minimum absolute atomic E-state index is 0.169. The normalized spacial score (nSPS) is 10.3. The van der Waals surface area contributed by atoms with Crippen LogP contribution in [0.3, 0.4) is 0 Å².